The molecule has 1 saturated heterocycles. The summed E-state index contributed by atoms with van der Waals surface area (Å²) in [5, 5.41) is 9.19. The first-order chi connectivity index (χ1) is 11.6. The summed E-state index contributed by atoms with van der Waals surface area (Å²) < 4.78 is 10.8. The number of likely N-dealkylation sites (tertiary alicyclic amines) is 1. The molecule has 0 unspecified atom stereocenters. The van der Waals surface area contributed by atoms with Crippen molar-refractivity contribution in [3.05, 3.63) is 35.9 Å². The summed E-state index contributed by atoms with van der Waals surface area (Å²) in [6, 6.07) is 5.86. The Balaban J connectivity index is 1.74. The molecule has 1 amide bonds. The lowest BCUT2D eigenvalue weighted by Crippen LogP contribution is -2.53. The van der Waals surface area contributed by atoms with E-state index in [0.29, 0.717) is 18.7 Å². The van der Waals surface area contributed by atoms with Crippen molar-refractivity contribution in [3.8, 4) is 11.5 Å². The fourth-order valence-electron chi connectivity index (χ4n) is 4.35. The maximum atomic E-state index is 12.2. The number of carboxylic acids is 1. The molecule has 24 heavy (non-hydrogen) atoms. The zero-order valence-corrected chi connectivity index (χ0v) is 13.2. The smallest absolute Gasteiger partial charge is 0.394 e. The van der Waals surface area contributed by atoms with Gasteiger partial charge in [-0.2, -0.15) is 0 Å². The molecule has 2 atom stereocenters. The first-order valence-electron chi connectivity index (χ1n) is 8.21. The number of fused-ring (bicyclic) bond motifs is 1. The highest BCUT2D eigenvalue weighted by molar-refractivity contribution is 6.31. The van der Waals surface area contributed by atoms with Gasteiger partial charge in [0, 0.05) is 12.5 Å². The first-order valence-corrected chi connectivity index (χ1v) is 8.21. The Bertz CT molecular complexity index is 728. The van der Waals surface area contributed by atoms with Gasteiger partial charge in [-0.3, -0.25) is 4.79 Å². The number of carbonyl (C=O) groups is 2. The molecule has 6 nitrogen and oxygen atoms in total. The molecule has 1 fully saturated rings. The summed E-state index contributed by atoms with van der Waals surface area (Å²) in [6.45, 7) is 0.720. The van der Waals surface area contributed by atoms with Crippen molar-refractivity contribution >= 4 is 11.9 Å². The van der Waals surface area contributed by atoms with Crippen LogP contribution in [-0.4, -0.2) is 40.8 Å². The van der Waals surface area contributed by atoms with Crippen LogP contribution in [0.4, 0.5) is 0 Å². The highest BCUT2D eigenvalue weighted by atomic mass is 16.7. The van der Waals surface area contributed by atoms with E-state index in [9.17, 15) is 14.7 Å². The van der Waals surface area contributed by atoms with Crippen molar-refractivity contribution in [1.29, 1.82) is 0 Å². The quantitative estimate of drug-likeness (QED) is 0.632. The van der Waals surface area contributed by atoms with Crippen LogP contribution in [0.2, 0.25) is 0 Å². The lowest BCUT2D eigenvalue weighted by Gasteiger charge is -2.45. The highest BCUT2D eigenvalue weighted by Gasteiger charge is 2.50. The van der Waals surface area contributed by atoms with Crippen LogP contribution in [0, 0.1) is 0 Å². The van der Waals surface area contributed by atoms with Gasteiger partial charge in [0.05, 0.1) is 5.54 Å². The number of benzene rings is 1. The number of hydrogen-bond acceptors (Lipinski definition) is 4. The minimum Gasteiger partial charge on any atom is -0.474 e. The van der Waals surface area contributed by atoms with Crippen LogP contribution < -0.4 is 9.47 Å². The molecule has 2 aliphatic heterocycles. The standard InChI is InChI=1S/C18H19NO5/c20-16(17(21)22)19-9-3-8-18(19)7-2-1-4-13(18)12-5-6-14-15(10-12)24-11-23-14/h1-2,5-6,10,13H,3-4,7-9,11H2,(H,21,22)/t13-,18+/m0/s1. The lowest BCUT2D eigenvalue weighted by atomic mass is 9.70. The van der Waals surface area contributed by atoms with Gasteiger partial charge in [-0.1, -0.05) is 18.2 Å². The molecule has 0 aromatic heterocycles. The minimum absolute atomic E-state index is 0.0581. The third-order valence-electron chi connectivity index (χ3n) is 5.41. The summed E-state index contributed by atoms with van der Waals surface area (Å²) >= 11 is 0. The van der Waals surface area contributed by atoms with Gasteiger partial charge in [-0.25, -0.2) is 4.79 Å². The van der Waals surface area contributed by atoms with E-state index in [2.05, 4.69) is 12.2 Å². The van der Waals surface area contributed by atoms with Gasteiger partial charge in [-0.15, -0.1) is 0 Å². The van der Waals surface area contributed by atoms with Crippen molar-refractivity contribution in [2.45, 2.75) is 37.1 Å². The second-order valence-corrected chi connectivity index (χ2v) is 6.55. The molecular formula is C18H19NO5. The number of allylic oxidation sites excluding steroid dienone is 1. The predicted octanol–water partition coefficient (Wildman–Crippen LogP) is 2.29. The molecule has 126 valence electrons. The van der Waals surface area contributed by atoms with E-state index < -0.39 is 17.4 Å². The van der Waals surface area contributed by atoms with Crippen molar-refractivity contribution in [1.82, 2.24) is 4.90 Å². The van der Waals surface area contributed by atoms with Crippen LogP contribution in [0.1, 0.15) is 37.2 Å². The van der Waals surface area contributed by atoms with Crippen LogP contribution in [0.5, 0.6) is 11.5 Å². The number of amides is 1. The van der Waals surface area contributed by atoms with Gasteiger partial charge in [-0.05, 0) is 43.4 Å². The van der Waals surface area contributed by atoms with Crippen LogP contribution in [0.25, 0.3) is 0 Å². The van der Waals surface area contributed by atoms with Crippen molar-refractivity contribution in [2.75, 3.05) is 13.3 Å². The summed E-state index contributed by atoms with van der Waals surface area (Å²) in [6.07, 6.45) is 7.29. The highest BCUT2D eigenvalue weighted by Crippen LogP contribution is 2.49. The predicted molar refractivity (Wildman–Crippen MR) is 85.0 cm³/mol. The molecule has 1 spiro atoms. The van der Waals surface area contributed by atoms with Gasteiger partial charge in [0.25, 0.3) is 0 Å². The number of aliphatic carboxylic acids is 1. The second-order valence-electron chi connectivity index (χ2n) is 6.55. The topological polar surface area (TPSA) is 76.1 Å². The normalized spacial score (nSPS) is 27.7. The van der Waals surface area contributed by atoms with Gasteiger partial charge in [0.15, 0.2) is 11.5 Å². The van der Waals surface area contributed by atoms with Gasteiger partial charge >= 0.3 is 11.9 Å². The third kappa shape index (κ3) is 2.17. The summed E-state index contributed by atoms with van der Waals surface area (Å²) in [4.78, 5) is 25.1. The van der Waals surface area contributed by atoms with Crippen molar-refractivity contribution in [3.63, 3.8) is 0 Å². The largest absolute Gasteiger partial charge is 0.474 e. The summed E-state index contributed by atoms with van der Waals surface area (Å²) in [7, 11) is 0. The number of nitrogens with zero attached hydrogens (tertiary/aromatic N) is 1. The molecule has 0 saturated carbocycles. The fourth-order valence-corrected chi connectivity index (χ4v) is 4.35. The Morgan fingerprint density at radius 2 is 2.04 bits per heavy atom. The molecule has 1 aromatic rings. The number of carbonyl (C=O) groups excluding carboxylic acids is 1. The van der Waals surface area contributed by atoms with Crippen LogP contribution in [0.15, 0.2) is 30.4 Å². The molecule has 1 aliphatic carbocycles. The number of carboxylic acid groups (broad SMARTS) is 1. The molecular weight excluding hydrogens is 310 g/mol. The third-order valence-corrected chi connectivity index (χ3v) is 5.41. The Morgan fingerprint density at radius 3 is 2.88 bits per heavy atom. The summed E-state index contributed by atoms with van der Waals surface area (Å²) in [5.41, 5.74) is 0.603. The number of ether oxygens (including phenoxy) is 2. The van der Waals surface area contributed by atoms with Gasteiger partial charge in [0.2, 0.25) is 6.79 Å². The van der Waals surface area contributed by atoms with Crippen LogP contribution >= 0.6 is 0 Å². The van der Waals surface area contributed by atoms with Gasteiger partial charge < -0.3 is 19.5 Å². The maximum Gasteiger partial charge on any atom is 0.394 e. The van der Waals surface area contributed by atoms with E-state index in [1.165, 1.54) is 0 Å². The fraction of sp³-hybridized carbons (Fsp3) is 0.444. The number of rotatable bonds is 1. The molecule has 6 heteroatoms. The summed E-state index contributed by atoms with van der Waals surface area (Å²) in [5.74, 6) is -0.679. The Kier molecular flexibility index (Phi) is 3.48. The molecule has 1 N–H and O–H groups in total. The molecule has 3 aliphatic rings. The lowest BCUT2D eigenvalue weighted by molar-refractivity contribution is -0.158. The zero-order valence-electron chi connectivity index (χ0n) is 13.2. The average Bonchev–Trinajstić information content (AvgIpc) is 3.21. The monoisotopic (exact) mass is 329 g/mol. The van der Waals surface area contributed by atoms with Crippen molar-refractivity contribution in [2.24, 2.45) is 0 Å². The van der Waals surface area contributed by atoms with Gasteiger partial charge in [0.1, 0.15) is 0 Å². The van der Waals surface area contributed by atoms with E-state index in [1.54, 1.807) is 4.90 Å². The van der Waals surface area contributed by atoms with E-state index >= 15 is 0 Å². The first kappa shape index (κ1) is 15.1. The molecule has 4 rings (SSSR count). The van der Waals surface area contributed by atoms with Crippen LogP contribution in [0.3, 0.4) is 0 Å². The Hall–Kier alpha value is -2.50. The van der Waals surface area contributed by atoms with Crippen molar-refractivity contribution < 1.29 is 24.2 Å². The van der Waals surface area contributed by atoms with E-state index in [-0.39, 0.29) is 12.7 Å². The molecule has 2 heterocycles. The molecule has 1 aromatic carbocycles. The maximum absolute atomic E-state index is 12.2. The number of hydrogen-bond donors (Lipinski definition) is 1. The van der Waals surface area contributed by atoms with E-state index in [4.69, 9.17) is 9.47 Å². The molecule has 0 bridgehead atoms. The second kappa shape index (κ2) is 5.54. The zero-order chi connectivity index (χ0) is 16.7. The average molecular weight is 329 g/mol. The Morgan fingerprint density at radius 1 is 1.21 bits per heavy atom. The Labute approximate surface area is 139 Å². The van der Waals surface area contributed by atoms with Crippen LogP contribution in [-0.2, 0) is 9.59 Å². The minimum atomic E-state index is -1.38. The molecule has 0 radical (unpaired) electrons. The van der Waals surface area contributed by atoms with E-state index in [0.717, 1.165) is 30.6 Å². The SMILES string of the molecule is O=C(O)C(=O)N1CCC[C@@]12CC=CC[C@H]2c1ccc2c(c1)OCO2. The van der Waals surface area contributed by atoms with E-state index in [1.807, 2.05) is 18.2 Å².